The molecule has 1 aliphatic heterocycles. The average Bonchev–Trinajstić information content (AvgIpc) is 2.47. The number of nitrogens with zero attached hydrogens (tertiary/aromatic N) is 1. The van der Waals surface area contributed by atoms with E-state index >= 15 is 0 Å². The first-order valence-electron chi connectivity index (χ1n) is 7.10. The Kier molecular flexibility index (Phi) is 5.99. The van der Waals surface area contributed by atoms with Crippen LogP contribution in [0.25, 0.3) is 0 Å². The van der Waals surface area contributed by atoms with Gasteiger partial charge in [-0.05, 0) is 50.6 Å². The molecule has 1 amide bonds. The summed E-state index contributed by atoms with van der Waals surface area (Å²) in [6.45, 7) is 2.29. The number of benzene rings is 1. The molecule has 0 aromatic heterocycles. The van der Waals surface area contributed by atoms with E-state index in [9.17, 15) is 9.18 Å². The summed E-state index contributed by atoms with van der Waals surface area (Å²) in [4.78, 5) is 14.0. The van der Waals surface area contributed by atoms with E-state index in [-0.39, 0.29) is 18.3 Å². The second-order valence-electron chi connectivity index (χ2n) is 5.27. The Hall–Kier alpha value is -1.14. The summed E-state index contributed by atoms with van der Waals surface area (Å²) in [6.07, 6.45) is 2.14. The monoisotopic (exact) mass is 358 g/mol. The summed E-state index contributed by atoms with van der Waals surface area (Å²) in [7, 11) is 1.92. The number of halogens is 2. The zero-order valence-electron chi connectivity index (χ0n) is 12.1. The van der Waals surface area contributed by atoms with Crippen LogP contribution in [0.4, 0.5) is 4.39 Å². The van der Waals surface area contributed by atoms with Crippen LogP contribution in [0.2, 0.25) is 0 Å². The second-order valence-corrected chi connectivity index (χ2v) is 6.18. The van der Waals surface area contributed by atoms with Crippen molar-refractivity contribution < 1.29 is 13.9 Å². The Balaban J connectivity index is 1.86. The first-order chi connectivity index (χ1) is 10.1. The lowest BCUT2D eigenvalue weighted by molar-refractivity contribution is -0.135. The van der Waals surface area contributed by atoms with Crippen LogP contribution < -0.4 is 10.1 Å². The number of amides is 1. The molecule has 1 heterocycles. The van der Waals surface area contributed by atoms with Gasteiger partial charge in [0, 0.05) is 17.6 Å². The SMILES string of the molecule is CNCC1CCCN(C(=O)COc2ccc(Br)cc2F)C1. The maximum absolute atomic E-state index is 13.6. The highest BCUT2D eigenvalue weighted by molar-refractivity contribution is 9.10. The summed E-state index contributed by atoms with van der Waals surface area (Å²) in [5, 5.41) is 3.14. The number of ether oxygens (including phenoxy) is 1. The van der Waals surface area contributed by atoms with Gasteiger partial charge in [0.15, 0.2) is 18.2 Å². The van der Waals surface area contributed by atoms with E-state index in [0.717, 1.165) is 32.5 Å². The number of hydrogen-bond donors (Lipinski definition) is 1. The summed E-state index contributed by atoms with van der Waals surface area (Å²) in [6, 6.07) is 4.53. The van der Waals surface area contributed by atoms with Gasteiger partial charge >= 0.3 is 0 Å². The smallest absolute Gasteiger partial charge is 0.260 e. The molecule has 0 spiro atoms. The molecular formula is C15H20BrFN2O2. The van der Waals surface area contributed by atoms with E-state index in [4.69, 9.17) is 4.74 Å². The van der Waals surface area contributed by atoms with E-state index < -0.39 is 5.82 Å². The average molecular weight is 359 g/mol. The highest BCUT2D eigenvalue weighted by atomic mass is 79.9. The van der Waals surface area contributed by atoms with Gasteiger partial charge in [-0.3, -0.25) is 4.79 Å². The standard InChI is InChI=1S/C15H20BrFN2O2/c1-18-8-11-3-2-6-19(9-11)15(20)10-21-14-5-4-12(16)7-13(14)17/h4-5,7,11,18H,2-3,6,8-10H2,1H3. The van der Waals surface area contributed by atoms with E-state index in [0.29, 0.717) is 10.4 Å². The number of piperidine rings is 1. The van der Waals surface area contributed by atoms with Gasteiger partial charge < -0.3 is 15.0 Å². The Labute approximate surface area is 132 Å². The molecule has 1 aromatic carbocycles. The molecule has 1 atom stereocenters. The van der Waals surface area contributed by atoms with Crippen molar-refractivity contribution in [3.05, 3.63) is 28.5 Å². The van der Waals surface area contributed by atoms with Gasteiger partial charge in [0.1, 0.15) is 0 Å². The largest absolute Gasteiger partial charge is 0.481 e. The molecule has 4 nitrogen and oxygen atoms in total. The molecule has 1 saturated heterocycles. The van der Waals surface area contributed by atoms with Crippen molar-refractivity contribution in [2.45, 2.75) is 12.8 Å². The van der Waals surface area contributed by atoms with E-state index in [1.807, 2.05) is 11.9 Å². The van der Waals surface area contributed by atoms with Gasteiger partial charge in [0.25, 0.3) is 5.91 Å². The molecule has 1 aromatic rings. The highest BCUT2D eigenvalue weighted by Gasteiger charge is 2.23. The third kappa shape index (κ3) is 4.68. The highest BCUT2D eigenvalue weighted by Crippen LogP contribution is 2.22. The molecule has 1 fully saturated rings. The Morgan fingerprint density at radius 1 is 1.57 bits per heavy atom. The minimum Gasteiger partial charge on any atom is -0.481 e. The number of hydrogen-bond acceptors (Lipinski definition) is 3. The second kappa shape index (κ2) is 7.75. The zero-order valence-corrected chi connectivity index (χ0v) is 13.7. The van der Waals surface area contributed by atoms with Gasteiger partial charge in [-0.15, -0.1) is 0 Å². The summed E-state index contributed by atoms with van der Waals surface area (Å²) < 4.78 is 19.6. The fourth-order valence-corrected chi connectivity index (χ4v) is 2.90. The van der Waals surface area contributed by atoms with Crippen molar-refractivity contribution in [3.8, 4) is 5.75 Å². The van der Waals surface area contributed by atoms with Crippen LogP contribution in [-0.2, 0) is 4.79 Å². The fraction of sp³-hybridized carbons (Fsp3) is 0.533. The molecular weight excluding hydrogens is 339 g/mol. The lowest BCUT2D eigenvalue weighted by atomic mass is 9.98. The van der Waals surface area contributed by atoms with Crippen LogP contribution >= 0.6 is 15.9 Å². The molecule has 0 radical (unpaired) electrons. The number of carbonyl (C=O) groups excluding carboxylic acids is 1. The lowest BCUT2D eigenvalue weighted by Gasteiger charge is -2.32. The molecule has 1 N–H and O–H groups in total. The van der Waals surface area contributed by atoms with Gasteiger partial charge in [0.2, 0.25) is 0 Å². The van der Waals surface area contributed by atoms with Gasteiger partial charge in [0.05, 0.1) is 0 Å². The van der Waals surface area contributed by atoms with Crippen LogP contribution in [0.15, 0.2) is 22.7 Å². The summed E-state index contributed by atoms with van der Waals surface area (Å²) in [5.74, 6) is 0.0365. The van der Waals surface area contributed by atoms with E-state index in [2.05, 4.69) is 21.2 Å². The molecule has 116 valence electrons. The Bertz CT molecular complexity index is 497. The number of nitrogens with one attached hydrogen (secondary N) is 1. The van der Waals surface area contributed by atoms with Crippen molar-refractivity contribution >= 4 is 21.8 Å². The van der Waals surface area contributed by atoms with Crippen LogP contribution in [0.1, 0.15) is 12.8 Å². The van der Waals surface area contributed by atoms with Crippen molar-refractivity contribution in [3.63, 3.8) is 0 Å². The van der Waals surface area contributed by atoms with Gasteiger partial charge in [-0.2, -0.15) is 0 Å². The van der Waals surface area contributed by atoms with Crippen LogP contribution in [0.3, 0.4) is 0 Å². The van der Waals surface area contributed by atoms with Crippen molar-refractivity contribution in [2.24, 2.45) is 5.92 Å². The zero-order chi connectivity index (χ0) is 15.2. The third-order valence-corrected chi connectivity index (χ3v) is 4.10. The number of rotatable bonds is 5. The Morgan fingerprint density at radius 2 is 2.38 bits per heavy atom. The normalized spacial score (nSPS) is 18.6. The topological polar surface area (TPSA) is 41.6 Å². The van der Waals surface area contributed by atoms with Crippen LogP contribution in [0.5, 0.6) is 5.75 Å². The molecule has 1 aliphatic rings. The molecule has 0 aliphatic carbocycles. The number of likely N-dealkylation sites (tertiary alicyclic amines) is 1. The predicted molar refractivity (Wildman–Crippen MR) is 82.8 cm³/mol. The molecule has 6 heteroatoms. The van der Waals surface area contributed by atoms with Crippen molar-refractivity contribution in [1.82, 2.24) is 10.2 Å². The van der Waals surface area contributed by atoms with Crippen LogP contribution in [-0.4, -0.2) is 44.1 Å². The Morgan fingerprint density at radius 3 is 3.10 bits per heavy atom. The molecule has 21 heavy (non-hydrogen) atoms. The maximum Gasteiger partial charge on any atom is 0.260 e. The van der Waals surface area contributed by atoms with Crippen molar-refractivity contribution in [1.29, 1.82) is 0 Å². The first kappa shape index (κ1) is 16.2. The van der Waals surface area contributed by atoms with E-state index in [1.165, 1.54) is 12.1 Å². The summed E-state index contributed by atoms with van der Waals surface area (Å²) >= 11 is 3.18. The predicted octanol–water partition coefficient (Wildman–Crippen LogP) is 2.42. The minimum absolute atomic E-state index is 0.0851. The van der Waals surface area contributed by atoms with Crippen molar-refractivity contribution in [2.75, 3.05) is 33.3 Å². The van der Waals surface area contributed by atoms with E-state index in [1.54, 1.807) is 6.07 Å². The molecule has 0 bridgehead atoms. The van der Waals surface area contributed by atoms with Crippen LogP contribution in [0, 0.1) is 11.7 Å². The fourth-order valence-electron chi connectivity index (χ4n) is 2.57. The molecule has 2 rings (SSSR count). The van der Waals surface area contributed by atoms with Gasteiger partial charge in [-0.25, -0.2) is 4.39 Å². The third-order valence-electron chi connectivity index (χ3n) is 3.61. The molecule has 1 unspecified atom stereocenters. The minimum atomic E-state index is -0.469. The lowest BCUT2D eigenvalue weighted by Crippen LogP contribution is -2.44. The first-order valence-corrected chi connectivity index (χ1v) is 7.89. The number of carbonyl (C=O) groups is 1. The summed E-state index contributed by atoms with van der Waals surface area (Å²) in [5.41, 5.74) is 0. The molecule has 0 saturated carbocycles. The quantitative estimate of drug-likeness (QED) is 0.878. The maximum atomic E-state index is 13.6. The van der Waals surface area contributed by atoms with Gasteiger partial charge in [-0.1, -0.05) is 15.9 Å².